The molecule has 0 radical (unpaired) electrons. The van der Waals surface area contributed by atoms with Gasteiger partial charge in [0.05, 0.1) is 24.0 Å². The van der Waals surface area contributed by atoms with Crippen LogP contribution in [-0.4, -0.2) is 71.3 Å². The Kier molecular flexibility index (Phi) is 8.70. The molecule has 11 nitrogen and oxygen atoms in total. The number of allylic oxidation sites excluding steroid dienone is 3. The summed E-state index contributed by atoms with van der Waals surface area (Å²) in [7, 11) is 1.48. The van der Waals surface area contributed by atoms with Gasteiger partial charge in [-0.05, 0) is 32.2 Å². The van der Waals surface area contributed by atoms with Crippen molar-refractivity contribution in [1.29, 1.82) is 0 Å². The molecular formula is C28H36N7O4+. The number of aromatic nitrogens is 2. The Morgan fingerprint density at radius 3 is 2.87 bits per heavy atom. The number of Topliss-reactive ketones (excluding diaryl/α,β-unsaturated/α-hetero) is 2. The number of carbonyl (C=O) groups excluding carboxylic acids is 3. The van der Waals surface area contributed by atoms with Gasteiger partial charge in [-0.3, -0.25) is 14.4 Å². The summed E-state index contributed by atoms with van der Waals surface area (Å²) in [6.45, 7) is 3.30. The Morgan fingerprint density at radius 2 is 2.18 bits per heavy atom. The van der Waals surface area contributed by atoms with Crippen molar-refractivity contribution in [1.82, 2.24) is 14.9 Å². The Labute approximate surface area is 227 Å². The highest BCUT2D eigenvalue weighted by molar-refractivity contribution is 6.46. The van der Waals surface area contributed by atoms with Gasteiger partial charge in [0.15, 0.2) is 11.6 Å². The number of amidine groups is 1. The van der Waals surface area contributed by atoms with Gasteiger partial charge in [-0.2, -0.15) is 0 Å². The van der Waals surface area contributed by atoms with Crippen LogP contribution in [0.15, 0.2) is 41.7 Å². The molecule has 1 saturated heterocycles. The number of nitrogens with zero attached hydrogens (tertiary/aromatic N) is 3. The van der Waals surface area contributed by atoms with E-state index >= 15 is 0 Å². The molecule has 2 aliphatic rings. The van der Waals surface area contributed by atoms with Crippen LogP contribution in [0.2, 0.25) is 0 Å². The summed E-state index contributed by atoms with van der Waals surface area (Å²) in [5, 5.41) is 0.463. The van der Waals surface area contributed by atoms with E-state index in [1.807, 2.05) is 29.2 Å². The van der Waals surface area contributed by atoms with Gasteiger partial charge in [-0.15, -0.1) is 4.98 Å². The average molecular weight is 535 g/mol. The van der Waals surface area contributed by atoms with Crippen LogP contribution in [0.4, 0.5) is 5.82 Å². The number of hydrogen-bond donors (Lipinski definition) is 4. The van der Waals surface area contributed by atoms with Crippen LogP contribution in [-0.2, 0) is 9.59 Å². The third-order valence-corrected chi connectivity index (χ3v) is 7.45. The maximum absolute atomic E-state index is 13.2. The van der Waals surface area contributed by atoms with E-state index in [4.69, 9.17) is 16.2 Å². The molecule has 3 heterocycles. The maximum Gasteiger partial charge on any atom is 0.284 e. The number of methoxy groups -OCH3 is 1. The molecule has 39 heavy (non-hydrogen) atoms. The topological polar surface area (TPSA) is 171 Å². The molecule has 4 rings (SSSR count). The average Bonchev–Trinajstić information content (AvgIpc) is 3.58. The molecule has 0 saturated carbocycles. The predicted octanol–water partition coefficient (Wildman–Crippen LogP) is 0.921. The first-order chi connectivity index (χ1) is 18.8. The zero-order valence-electron chi connectivity index (χ0n) is 22.4. The van der Waals surface area contributed by atoms with Crippen LogP contribution in [0, 0.1) is 11.3 Å². The molecule has 6 N–H and O–H groups in total. The van der Waals surface area contributed by atoms with Crippen LogP contribution < -0.4 is 21.2 Å². The van der Waals surface area contributed by atoms with Crippen molar-refractivity contribution in [2.24, 2.45) is 27.8 Å². The van der Waals surface area contributed by atoms with Gasteiger partial charge in [-0.1, -0.05) is 29.3 Å². The van der Waals surface area contributed by atoms with E-state index in [1.54, 1.807) is 6.92 Å². The summed E-state index contributed by atoms with van der Waals surface area (Å²) < 4.78 is 5.42. The number of ether oxygens (including phenoxy) is 1. The number of ketones is 2. The number of pyridine rings is 1. The first kappa shape index (κ1) is 27.9. The minimum Gasteiger partial charge on any atom is -0.493 e. The molecule has 2 atom stereocenters. The molecule has 206 valence electrons. The highest BCUT2D eigenvalue weighted by Gasteiger charge is 2.40. The number of rotatable bonds is 11. The second kappa shape index (κ2) is 12.2. The molecule has 11 heteroatoms. The van der Waals surface area contributed by atoms with Crippen LogP contribution in [0.3, 0.4) is 0 Å². The van der Waals surface area contributed by atoms with E-state index < -0.39 is 11.6 Å². The van der Waals surface area contributed by atoms with Crippen molar-refractivity contribution in [3.05, 3.63) is 42.3 Å². The van der Waals surface area contributed by atoms with E-state index in [1.165, 1.54) is 25.8 Å². The quantitative estimate of drug-likeness (QED) is 0.144. The first-order valence-electron chi connectivity index (χ1n) is 13.1. The fourth-order valence-corrected chi connectivity index (χ4v) is 5.24. The number of H-pyrrole nitrogens is 1. The lowest BCUT2D eigenvalue weighted by Crippen LogP contribution is -2.62. The number of fused-ring (bicyclic) bond motifs is 1. The Morgan fingerprint density at radius 1 is 1.36 bits per heavy atom. The summed E-state index contributed by atoms with van der Waals surface area (Å²) in [6.07, 6.45) is 14.9. The molecule has 2 unspecified atom stereocenters. The van der Waals surface area contributed by atoms with Crippen molar-refractivity contribution in [3.8, 4) is 5.75 Å². The highest BCUT2D eigenvalue weighted by atomic mass is 16.5. The number of amides is 1. The Balaban J connectivity index is 1.41. The third kappa shape index (κ3) is 6.14. The molecule has 1 aliphatic heterocycles. The second-order valence-corrected chi connectivity index (χ2v) is 10.1. The number of aromatic amines is 1. The molecule has 2 aromatic heterocycles. The van der Waals surface area contributed by atoms with Gasteiger partial charge in [0.2, 0.25) is 23.8 Å². The largest absolute Gasteiger partial charge is 0.493 e. The summed E-state index contributed by atoms with van der Waals surface area (Å²) in [6, 6.07) is 0. The van der Waals surface area contributed by atoms with Crippen molar-refractivity contribution in [2.45, 2.75) is 39.0 Å². The zero-order chi connectivity index (χ0) is 28.0. The number of nitrogens with two attached hydrogens (primary N) is 2. The van der Waals surface area contributed by atoms with Crippen molar-refractivity contribution < 1.29 is 24.1 Å². The number of hydrogen-bond acceptors (Lipinski definition) is 6. The van der Waals surface area contributed by atoms with Crippen molar-refractivity contribution in [2.75, 3.05) is 26.7 Å². The van der Waals surface area contributed by atoms with E-state index in [9.17, 15) is 14.4 Å². The zero-order valence-corrected chi connectivity index (χ0v) is 22.4. The Hall–Kier alpha value is -4.12. The van der Waals surface area contributed by atoms with E-state index in [0.717, 1.165) is 6.42 Å². The molecule has 1 fully saturated rings. The van der Waals surface area contributed by atoms with Crippen LogP contribution in [0.5, 0.6) is 5.75 Å². The SMILES string of the molecule is COc1cnc([NH+]=CN=C(C)N)c2[nH]cc(C(=O)C(=O)CCCC3(CN)CCN(C(=O)C4C=CC=CC4)C3)c12. The van der Waals surface area contributed by atoms with E-state index in [0.29, 0.717) is 67.2 Å². The normalized spacial score (nSPS) is 21.3. The molecule has 1 amide bonds. The summed E-state index contributed by atoms with van der Waals surface area (Å²) >= 11 is 0. The van der Waals surface area contributed by atoms with E-state index in [-0.39, 0.29) is 29.2 Å². The molecule has 0 bridgehead atoms. The van der Waals surface area contributed by atoms with Gasteiger partial charge in [0.1, 0.15) is 11.7 Å². The second-order valence-electron chi connectivity index (χ2n) is 10.1. The van der Waals surface area contributed by atoms with Crippen molar-refractivity contribution >= 4 is 46.4 Å². The molecule has 1 aliphatic carbocycles. The lowest BCUT2D eigenvalue weighted by Gasteiger charge is -2.29. The summed E-state index contributed by atoms with van der Waals surface area (Å²) in [5.41, 5.74) is 12.2. The molecule has 0 spiro atoms. The lowest BCUT2D eigenvalue weighted by atomic mass is 9.81. The monoisotopic (exact) mass is 534 g/mol. The van der Waals surface area contributed by atoms with Crippen LogP contribution in [0.1, 0.15) is 49.4 Å². The smallest absolute Gasteiger partial charge is 0.284 e. The van der Waals surface area contributed by atoms with Crippen LogP contribution >= 0.6 is 0 Å². The van der Waals surface area contributed by atoms with E-state index in [2.05, 4.69) is 20.0 Å². The molecular weight excluding hydrogens is 498 g/mol. The van der Waals surface area contributed by atoms with Gasteiger partial charge in [0, 0.05) is 38.0 Å². The Bertz CT molecular complexity index is 1370. The third-order valence-electron chi connectivity index (χ3n) is 7.45. The summed E-state index contributed by atoms with van der Waals surface area (Å²) in [5.74, 6) is 0.0517. The predicted molar refractivity (Wildman–Crippen MR) is 149 cm³/mol. The van der Waals surface area contributed by atoms with Gasteiger partial charge in [0.25, 0.3) is 5.82 Å². The number of nitrogens with one attached hydrogen (secondary N) is 2. The number of likely N-dealkylation sites (tertiary alicyclic amines) is 1. The van der Waals surface area contributed by atoms with Gasteiger partial charge >= 0.3 is 0 Å². The van der Waals surface area contributed by atoms with Crippen LogP contribution in [0.25, 0.3) is 10.9 Å². The summed E-state index contributed by atoms with van der Waals surface area (Å²) in [4.78, 5) is 55.2. The van der Waals surface area contributed by atoms with Crippen molar-refractivity contribution in [3.63, 3.8) is 0 Å². The van der Waals surface area contributed by atoms with Gasteiger partial charge in [-0.25, -0.2) is 4.99 Å². The lowest BCUT2D eigenvalue weighted by molar-refractivity contribution is -0.351. The minimum atomic E-state index is -0.598. The molecule has 2 aromatic rings. The number of aliphatic imine (C=N–C) groups is 1. The maximum atomic E-state index is 13.2. The standard InChI is InChI=1S/C28H35N7O4/c1-18(30)33-17-34-26-24-23(22(39-2)14-32-26)20(13-31-24)25(37)21(36)9-6-10-28(15-29)11-12-35(16-28)27(38)19-7-4-3-5-8-19/h3-5,7,13-14,17,19,31H,6,8-12,15-16,29H2,1-2H3,(H2,30,32,33,34)/p+1. The first-order valence-corrected chi connectivity index (χ1v) is 13.1. The fourth-order valence-electron chi connectivity index (χ4n) is 5.24. The fraction of sp³-hybridized carbons (Fsp3) is 0.429. The molecule has 0 aromatic carbocycles. The minimum absolute atomic E-state index is 0.0914. The number of carbonyl (C=O) groups is 3. The highest BCUT2D eigenvalue weighted by Crippen LogP contribution is 2.36. The van der Waals surface area contributed by atoms with Gasteiger partial charge < -0.3 is 26.1 Å².